The summed E-state index contributed by atoms with van der Waals surface area (Å²) >= 11 is 0. The number of anilines is 1. The summed E-state index contributed by atoms with van der Waals surface area (Å²) in [4.78, 5) is 41.3. The highest BCUT2D eigenvalue weighted by molar-refractivity contribution is 7.60. The Balaban J connectivity index is 2.17. The van der Waals surface area contributed by atoms with Crippen molar-refractivity contribution in [2.45, 2.75) is 30.8 Å². The van der Waals surface area contributed by atoms with Gasteiger partial charge >= 0.3 is 21.3 Å². The van der Waals surface area contributed by atoms with Crippen LogP contribution in [0.3, 0.4) is 0 Å². The van der Waals surface area contributed by atoms with Gasteiger partial charge < -0.3 is 40.5 Å². The third kappa shape index (κ3) is 4.94. The molecule has 0 radical (unpaired) electrons. The van der Waals surface area contributed by atoms with E-state index in [4.69, 9.17) is 20.3 Å². The fourth-order valence-corrected chi connectivity index (χ4v) is 3.74. The number of hydrogen-bond donors (Lipinski definition) is 7. The number of hydrogen-bond acceptors (Lipinski definition) is 11. The van der Waals surface area contributed by atoms with Crippen LogP contribution in [0.25, 0.3) is 0 Å². The average molecular weight is 419 g/mol. The molecule has 0 spiro atoms. The fourth-order valence-electron chi connectivity index (χ4n) is 2.12. The Labute approximate surface area is 144 Å². The lowest BCUT2D eigenvalue weighted by atomic mass is 10.1. The van der Waals surface area contributed by atoms with Crippen LogP contribution in [0, 0.1) is 0 Å². The summed E-state index contributed by atoms with van der Waals surface area (Å²) in [5.41, 5.74) is 4.35. The maximum atomic E-state index is 11.8. The standard InChI is InChI=1S/C9H15N3O12P2/c10-3-1-2-12(9(16)11-3)7-5(14)4(13)6(22-7)8(15)23-26(20,21)24-25(17,18)19/h1-2,4-8,13-15H,(H,20,21)(H2,10,11,16)(H2,17,18,19)/t4-,5+,6-,7+,8?/m0/s1. The summed E-state index contributed by atoms with van der Waals surface area (Å²) < 4.78 is 35.3. The molecule has 17 heteroatoms. The molecule has 2 unspecified atom stereocenters. The molecule has 8 N–H and O–H groups in total. The lowest BCUT2D eigenvalue weighted by molar-refractivity contribution is -0.161. The van der Waals surface area contributed by atoms with Crippen LogP contribution in [0.2, 0.25) is 0 Å². The van der Waals surface area contributed by atoms with Gasteiger partial charge in [0.2, 0.25) is 0 Å². The Morgan fingerprint density at radius 3 is 2.42 bits per heavy atom. The molecule has 0 aromatic carbocycles. The predicted octanol–water partition coefficient (Wildman–Crippen LogP) is -3.01. The maximum absolute atomic E-state index is 11.8. The predicted molar refractivity (Wildman–Crippen MR) is 78.9 cm³/mol. The SMILES string of the molecule is Nc1ccn([C@@H]2O[C@H](C(O)OP(=O)(O)OP(=O)(O)O)[C@@H](O)[C@H]2O)c(=O)n1. The van der Waals surface area contributed by atoms with E-state index in [2.05, 4.69) is 13.8 Å². The molecule has 15 nitrogen and oxygen atoms in total. The van der Waals surface area contributed by atoms with Crippen molar-refractivity contribution in [1.29, 1.82) is 0 Å². The van der Waals surface area contributed by atoms with Crippen LogP contribution in [-0.2, 0) is 22.7 Å². The van der Waals surface area contributed by atoms with Gasteiger partial charge in [0.25, 0.3) is 0 Å². The lowest BCUT2D eigenvalue weighted by Gasteiger charge is -2.22. The zero-order valence-electron chi connectivity index (χ0n) is 12.5. The Morgan fingerprint density at radius 2 is 1.88 bits per heavy atom. The molecular weight excluding hydrogens is 404 g/mol. The van der Waals surface area contributed by atoms with E-state index in [9.17, 15) is 34.1 Å². The van der Waals surface area contributed by atoms with Crippen LogP contribution in [0.15, 0.2) is 17.1 Å². The van der Waals surface area contributed by atoms with Crippen molar-refractivity contribution in [3.63, 3.8) is 0 Å². The zero-order chi connectivity index (χ0) is 19.9. The van der Waals surface area contributed by atoms with E-state index in [1.165, 1.54) is 6.07 Å². The van der Waals surface area contributed by atoms with Crippen LogP contribution < -0.4 is 11.4 Å². The monoisotopic (exact) mass is 419 g/mol. The maximum Gasteiger partial charge on any atom is 0.483 e. The molecule has 6 atom stereocenters. The normalized spacial score (nSPS) is 30.1. The summed E-state index contributed by atoms with van der Waals surface area (Å²) in [6.45, 7) is 0. The van der Waals surface area contributed by atoms with Gasteiger partial charge in [-0.25, -0.2) is 13.9 Å². The Morgan fingerprint density at radius 1 is 1.27 bits per heavy atom. The molecule has 0 aliphatic carbocycles. The minimum atomic E-state index is -5.46. The molecule has 1 saturated heterocycles. The molecule has 1 aliphatic heterocycles. The second-order valence-corrected chi connectivity index (χ2v) is 7.83. The van der Waals surface area contributed by atoms with E-state index in [-0.39, 0.29) is 5.82 Å². The van der Waals surface area contributed by atoms with Crippen molar-refractivity contribution in [1.82, 2.24) is 9.55 Å². The number of nitrogen functional groups attached to an aromatic ring is 1. The number of nitrogens with zero attached hydrogens (tertiary/aromatic N) is 2. The molecular formula is C9H15N3O12P2. The Hall–Kier alpha value is -1.22. The van der Waals surface area contributed by atoms with Crippen molar-refractivity contribution in [2.75, 3.05) is 5.73 Å². The summed E-state index contributed by atoms with van der Waals surface area (Å²) in [5, 5.41) is 29.6. The molecule has 0 saturated carbocycles. The van der Waals surface area contributed by atoms with Gasteiger partial charge in [0, 0.05) is 6.20 Å². The third-order valence-corrected chi connectivity index (χ3v) is 5.29. The fraction of sp³-hybridized carbons (Fsp3) is 0.556. The quantitative estimate of drug-likeness (QED) is 0.179. The van der Waals surface area contributed by atoms with E-state index in [0.29, 0.717) is 0 Å². The molecule has 2 heterocycles. The summed E-state index contributed by atoms with van der Waals surface area (Å²) in [5.74, 6) is -0.130. The van der Waals surface area contributed by atoms with Crippen LogP contribution >= 0.6 is 15.6 Å². The van der Waals surface area contributed by atoms with Crippen LogP contribution in [-0.4, -0.2) is 64.2 Å². The van der Waals surface area contributed by atoms with Gasteiger partial charge in [-0.15, -0.1) is 0 Å². The van der Waals surface area contributed by atoms with Crippen molar-refractivity contribution in [3.05, 3.63) is 22.7 Å². The van der Waals surface area contributed by atoms with Gasteiger partial charge in [-0.2, -0.15) is 9.29 Å². The molecule has 1 aliphatic rings. The largest absolute Gasteiger partial charge is 0.483 e. The number of rotatable bonds is 6. The Kier molecular flexibility index (Phi) is 6.02. The van der Waals surface area contributed by atoms with Gasteiger partial charge in [0.05, 0.1) is 0 Å². The van der Waals surface area contributed by atoms with Gasteiger partial charge in [0.15, 0.2) is 12.5 Å². The second-order valence-electron chi connectivity index (χ2n) is 5.05. The molecule has 0 amide bonds. The van der Waals surface area contributed by atoms with Crippen molar-refractivity contribution < 1.29 is 52.7 Å². The highest BCUT2D eigenvalue weighted by atomic mass is 31.3. The highest BCUT2D eigenvalue weighted by Crippen LogP contribution is 2.58. The molecule has 2 rings (SSSR count). The summed E-state index contributed by atoms with van der Waals surface area (Å²) in [6.07, 6.45) is -8.58. The van der Waals surface area contributed by atoms with Gasteiger partial charge in [-0.1, -0.05) is 0 Å². The van der Waals surface area contributed by atoms with Gasteiger partial charge in [0.1, 0.15) is 24.1 Å². The van der Waals surface area contributed by atoms with Crippen LogP contribution in [0.1, 0.15) is 6.23 Å². The number of phosphoric ester groups is 1. The van der Waals surface area contributed by atoms with Crippen LogP contribution in [0.4, 0.5) is 5.82 Å². The van der Waals surface area contributed by atoms with E-state index < -0.39 is 52.2 Å². The lowest BCUT2D eigenvalue weighted by Crippen LogP contribution is -2.40. The number of aliphatic hydroxyl groups is 3. The van der Waals surface area contributed by atoms with Crippen molar-refractivity contribution >= 4 is 21.5 Å². The number of phosphoric acid groups is 2. The average Bonchev–Trinajstić information content (AvgIpc) is 2.72. The van der Waals surface area contributed by atoms with Gasteiger partial charge in [-0.3, -0.25) is 9.09 Å². The first-order chi connectivity index (χ1) is 11.8. The molecule has 1 fully saturated rings. The Bertz CT molecular complexity index is 809. The first-order valence-corrected chi connectivity index (χ1v) is 9.66. The first-order valence-electron chi connectivity index (χ1n) is 6.63. The van der Waals surface area contributed by atoms with E-state index in [1.807, 2.05) is 0 Å². The molecule has 26 heavy (non-hydrogen) atoms. The smallest absolute Gasteiger partial charge is 0.387 e. The minimum Gasteiger partial charge on any atom is -0.387 e. The van der Waals surface area contributed by atoms with E-state index in [1.54, 1.807) is 0 Å². The van der Waals surface area contributed by atoms with Crippen molar-refractivity contribution in [3.8, 4) is 0 Å². The first kappa shape index (κ1) is 21.1. The van der Waals surface area contributed by atoms with Crippen LogP contribution in [0.5, 0.6) is 0 Å². The number of aromatic nitrogens is 2. The summed E-state index contributed by atoms with van der Waals surface area (Å²) in [6, 6.07) is 1.18. The third-order valence-electron chi connectivity index (χ3n) is 3.13. The topological polar surface area (TPSA) is 244 Å². The minimum absolute atomic E-state index is 0.130. The number of aliphatic hydroxyl groups excluding tert-OH is 3. The summed E-state index contributed by atoms with van der Waals surface area (Å²) in [7, 11) is -10.9. The van der Waals surface area contributed by atoms with E-state index in [0.717, 1.165) is 10.8 Å². The molecule has 1 aromatic heterocycles. The molecule has 1 aromatic rings. The van der Waals surface area contributed by atoms with E-state index >= 15 is 0 Å². The highest BCUT2D eigenvalue weighted by Gasteiger charge is 2.50. The molecule has 0 bridgehead atoms. The zero-order valence-corrected chi connectivity index (χ0v) is 14.3. The number of ether oxygens (including phenoxy) is 1. The van der Waals surface area contributed by atoms with Gasteiger partial charge in [-0.05, 0) is 6.07 Å². The number of nitrogens with two attached hydrogens (primary N) is 1. The van der Waals surface area contributed by atoms with Crippen molar-refractivity contribution in [2.24, 2.45) is 0 Å². The molecule has 148 valence electrons. The second kappa shape index (κ2) is 7.42.